The average Bonchev–Trinajstić information content (AvgIpc) is 4.14. The third kappa shape index (κ3) is 11.5. The van der Waals surface area contributed by atoms with Crippen LogP contribution in [-0.2, 0) is 25.7 Å². The lowest BCUT2D eigenvalue weighted by molar-refractivity contribution is 0.0731. The molecule has 384 valence electrons. The SMILES string of the molecule is CC12CCC(C1)C(C)(C)C2N.CC12CCC(C1)C(C)(C)C2NC(=O)c1nn(C2CCCCC2)c2c1CCCCCC2.CCN(CC)CC.O=C(Cl)c1nn(C2CCCCC2)c2c1CCCCCC2. The molecule has 10 rings (SSSR count). The van der Waals surface area contributed by atoms with E-state index >= 15 is 0 Å². The number of rotatable bonds is 8. The van der Waals surface area contributed by atoms with Gasteiger partial charge in [0.15, 0.2) is 5.69 Å². The van der Waals surface area contributed by atoms with Crippen molar-refractivity contribution < 1.29 is 9.59 Å². The first-order valence-electron chi connectivity index (χ1n) is 28.7. The fourth-order valence-electron chi connectivity index (χ4n) is 15.4. The highest BCUT2D eigenvalue weighted by Crippen LogP contribution is 2.63. The molecule has 6 atom stereocenters. The molecule has 0 radical (unpaired) electrons. The van der Waals surface area contributed by atoms with Crippen LogP contribution in [-0.4, -0.2) is 67.3 Å². The lowest BCUT2D eigenvalue weighted by atomic mass is 9.68. The van der Waals surface area contributed by atoms with Gasteiger partial charge >= 0.3 is 0 Å². The smallest absolute Gasteiger partial charge is 0.273 e. The third-order valence-electron chi connectivity index (χ3n) is 19.9. The number of carbonyl (C=O) groups excluding carboxylic acids is 2. The summed E-state index contributed by atoms with van der Waals surface area (Å²) in [5.41, 5.74) is 14.0. The molecule has 4 bridgehead atoms. The van der Waals surface area contributed by atoms with E-state index in [4.69, 9.17) is 22.4 Å². The van der Waals surface area contributed by atoms with E-state index in [0.29, 0.717) is 34.6 Å². The number of nitrogens with one attached hydrogen (secondary N) is 1. The normalized spacial score (nSPS) is 30.8. The maximum absolute atomic E-state index is 13.7. The molecule has 9 nitrogen and oxygen atoms in total. The molecular weight excluding hydrogens is 862 g/mol. The largest absolute Gasteiger partial charge is 0.347 e. The lowest BCUT2D eigenvalue weighted by Crippen LogP contribution is -2.52. The molecule has 2 heterocycles. The fraction of sp³-hybridized carbons (Fsp3) is 0.862. The lowest BCUT2D eigenvalue weighted by Gasteiger charge is -2.43. The van der Waals surface area contributed by atoms with Crippen molar-refractivity contribution in [3.8, 4) is 0 Å². The van der Waals surface area contributed by atoms with Gasteiger partial charge in [0, 0.05) is 34.6 Å². The molecule has 8 aliphatic carbocycles. The van der Waals surface area contributed by atoms with E-state index < -0.39 is 0 Å². The van der Waals surface area contributed by atoms with Gasteiger partial charge in [-0.25, -0.2) is 0 Å². The predicted octanol–water partition coefficient (Wildman–Crippen LogP) is 13.9. The van der Waals surface area contributed by atoms with Gasteiger partial charge in [0.05, 0.1) is 12.1 Å². The van der Waals surface area contributed by atoms with Crippen LogP contribution in [0.2, 0.25) is 0 Å². The molecule has 0 spiro atoms. The summed E-state index contributed by atoms with van der Waals surface area (Å²) in [4.78, 5) is 27.8. The Balaban J connectivity index is 0.000000154. The van der Waals surface area contributed by atoms with E-state index in [1.807, 2.05) is 0 Å². The number of carbonyl (C=O) groups is 2. The predicted molar refractivity (Wildman–Crippen MR) is 282 cm³/mol. The van der Waals surface area contributed by atoms with E-state index in [-0.39, 0.29) is 28.0 Å². The number of fused-ring (bicyclic) bond motifs is 6. The first-order chi connectivity index (χ1) is 32.5. The quantitative estimate of drug-likeness (QED) is 0.255. The number of hydrogen-bond acceptors (Lipinski definition) is 6. The molecule has 6 saturated carbocycles. The summed E-state index contributed by atoms with van der Waals surface area (Å²) < 4.78 is 4.50. The van der Waals surface area contributed by atoms with Crippen LogP contribution in [0.1, 0.15) is 272 Å². The van der Waals surface area contributed by atoms with Crippen LogP contribution < -0.4 is 11.1 Å². The molecule has 68 heavy (non-hydrogen) atoms. The van der Waals surface area contributed by atoms with Crippen molar-refractivity contribution in [2.45, 2.75) is 266 Å². The van der Waals surface area contributed by atoms with Crippen LogP contribution in [0.3, 0.4) is 0 Å². The van der Waals surface area contributed by atoms with Gasteiger partial charge in [0.25, 0.3) is 11.1 Å². The maximum Gasteiger partial charge on any atom is 0.273 e. The minimum atomic E-state index is -0.378. The topological polar surface area (TPSA) is 111 Å². The molecule has 1 amide bonds. The standard InChI is InChI=1S/C26H41N3O.C16H23ClN2O.C10H19N.C6H15N/c1-25(2)18-15-16-26(3,17-18)24(25)27-23(30)22-20-13-9-4-5-10-14-21(20)29(28-22)19-11-7-6-8-12-19;17-16(20)15-13-10-6-1-2-7-11-14(13)19(18-15)12-8-4-3-5-9-12;1-9(2)7-4-5-10(3,6-7)8(9)11;1-4-7(5-2)6-3/h18-19,24H,4-17H2,1-3H3,(H,27,30);12H,1-11H2;7-8H,4-6,11H2,1-3H3;4-6H2,1-3H3. The highest BCUT2D eigenvalue weighted by atomic mass is 35.5. The highest BCUT2D eigenvalue weighted by molar-refractivity contribution is 6.67. The fourth-order valence-corrected chi connectivity index (χ4v) is 15.6. The Bertz CT molecular complexity index is 1950. The number of nitrogens with zero attached hydrogens (tertiary/aromatic N) is 5. The van der Waals surface area contributed by atoms with Crippen molar-refractivity contribution in [3.63, 3.8) is 0 Å². The van der Waals surface area contributed by atoms with Crippen molar-refractivity contribution in [1.29, 1.82) is 0 Å². The Labute approximate surface area is 419 Å². The molecule has 2 aromatic rings. The Morgan fingerprint density at radius 1 is 0.588 bits per heavy atom. The summed E-state index contributed by atoms with van der Waals surface area (Å²) in [7, 11) is 0. The van der Waals surface area contributed by atoms with E-state index in [1.165, 1.54) is 184 Å². The zero-order valence-electron chi connectivity index (χ0n) is 44.9. The number of amides is 1. The second kappa shape index (κ2) is 23.1. The van der Waals surface area contributed by atoms with Crippen LogP contribution in [0, 0.1) is 33.5 Å². The van der Waals surface area contributed by atoms with Gasteiger partial charge in [-0.2, -0.15) is 10.2 Å². The molecule has 10 heteroatoms. The van der Waals surface area contributed by atoms with Gasteiger partial charge in [0.1, 0.15) is 5.69 Å². The zero-order chi connectivity index (χ0) is 48.9. The molecule has 8 aliphatic rings. The van der Waals surface area contributed by atoms with Crippen LogP contribution in [0.15, 0.2) is 0 Å². The molecule has 0 aromatic carbocycles. The minimum Gasteiger partial charge on any atom is -0.347 e. The van der Waals surface area contributed by atoms with E-state index in [2.05, 4.69) is 87.0 Å². The van der Waals surface area contributed by atoms with Crippen molar-refractivity contribution in [3.05, 3.63) is 33.9 Å². The average molecular weight is 961 g/mol. The van der Waals surface area contributed by atoms with Gasteiger partial charge in [-0.15, -0.1) is 0 Å². The molecule has 6 fully saturated rings. The van der Waals surface area contributed by atoms with Gasteiger partial charge in [-0.05, 0) is 180 Å². The van der Waals surface area contributed by atoms with Crippen LogP contribution in [0.4, 0.5) is 0 Å². The van der Waals surface area contributed by atoms with Crippen LogP contribution in [0.5, 0.6) is 0 Å². The second-order valence-electron chi connectivity index (χ2n) is 25.0. The summed E-state index contributed by atoms with van der Waals surface area (Å²) in [6.07, 6.45) is 34.8. The third-order valence-corrected chi connectivity index (χ3v) is 20.1. The van der Waals surface area contributed by atoms with E-state index in [9.17, 15) is 9.59 Å². The van der Waals surface area contributed by atoms with Crippen molar-refractivity contribution in [2.24, 2.45) is 39.2 Å². The van der Waals surface area contributed by atoms with Crippen LogP contribution >= 0.6 is 11.6 Å². The minimum absolute atomic E-state index is 0.105. The van der Waals surface area contributed by atoms with Gasteiger partial charge in [-0.3, -0.25) is 19.0 Å². The molecular formula is C58H98ClN7O2. The Kier molecular flexibility index (Phi) is 18.2. The molecule has 3 N–H and O–H groups in total. The van der Waals surface area contributed by atoms with Crippen molar-refractivity contribution >= 4 is 22.8 Å². The summed E-state index contributed by atoms with van der Waals surface area (Å²) in [6.45, 7) is 24.3. The molecule has 0 aliphatic heterocycles. The number of hydrogen-bond donors (Lipinski definition) is 2. The first kappa shape index (κ1) is 53.6. The molecule has 0 saturated heterocycles. The number of halogens is 1. The van der Waals surface area contributed by atoms with E-state index in [0.717, 1.165) is 55.2 Å². The van der Waals surface area contributed by atoms with Crippen LogP contribution in [0.25, 0.3) is 0 Å². The van der Waals surface area contributed by atoms with Gasteiger partial charge < -0.3 is 16.0 Å². The summed E-state index contributed by atoms with van der Waals surface area (Å²) >= 11 is 5.77. The second-order valence-corrected chi connectivity index (χ2v) is 25.3. The summed E-state index contributed by atoms with van der Waals surface area (Å²) in [6, 6.07) is 1.70. The summed E-state index contributed by atoms with van der Waals surface area (Å²) in [5, 5.41) is 12.9. The molecule has 2 aromatic heterocycles. The van der Waals surface area contributed by atoms with Gasteiger partial charge in [0.2, 0.25) is 0 Å². The number of nitrogens with two attached hydrogens (primary N) is 1. The Morgan fingerprint density at radius 3 is 1.38 bits per heavy atom. The van der Waals surface area contributed by atoms with Crippen molar-refractivity contribution in [1.82, 2.24) is 29.8 Å². The Hall–Kier alpha value is -2.23. The number of aromatic nitrogens is 4. The Morgan fingerprint density at radius 2 is 1.00 bits per heavy atom. The van der Waals surface area contributed by atoms with Gasteiger partial charge in [-0.1, -0.05) is 127 Å². The first-order valence-corrected chi connectivity index (χ1v) is 29.1. The maximum atomic E-state index is 13.7. The van der Waals surface area contributed by atoms with E-state index in [1.54, 1.807) is 0 Å². The summed E-state index contributed by atoms with van der Waals surface area (Å²) in [5.74, 6) is 1.75. The monoisotopic (exact) mass is 960 g/mol. The molecule has 6 unspecified atom stereocenters. The zero-order valence-corrected chi connectivity index (χ0v) is 45.6. The van der Waals surface area contributed by atoms with Crippen molar-refractivity contribution in [2.75, 3.05) is 19.6 Å². The highest BCUT2D eigenvalue weighted by Gasteiger charge is 2.60.